The molecular weight excluding hydrogens is 354 g/mol. The summed E-state index contributed by atoms with van der Waals surface area (Å²) in [7, 11) is 1.68. The molecule has 1 saturated heterocycles. The fraction of sp³-hybridized carbons (Fsp3) is 0.364. The van der Waals surface area contributed by atoms with E-state index in [0.717, 1.165) is 25.1 Å². The van der Waals surface area contributed by atoms with Crippen molar-refractivity contribution in [3.8, 4) is 5.75 Å². The van der Waals surface area contributed by atoms with Crippen molar-refractivity contribution in [3.05, 3.63) is 59.7 Å². The lowest BCUT2D eigenvalue weighted by Gasteiger charge is -2.36. The van der Waals surface area contributed by atoms with Crippen LogP contribution >= 0.6 is 0 Å². The lowest BCUT2D eigenvalue weighted by atomic mass is 9.95. The van der Waals surface area contributed by atoms with Crippen LogP contribution in [0.2, 0.25) is 0 Å². The van der Waals surface area contributed by atoms with E-state index in [1.807, 2.05) is 12.1 Å². The fourth-order valence-corrected chi connectivity index (χ4v) is 3.67. The van der Waals surface area contributed by atoms with Crippen molar-refractivity contribution in [2.45, 2.75) is 31.7 Å². The molecule has 1 aliphatic rings. The molecule has 0 bridgehead atoms. The number of anilines is 1. The minimum absolute atomic E-state index is 0.0400. The molecule has 1 heterocycles. The first-order chi connectivity index (χ1) is 13.6. The third-order valence-electron chi connectivity index (χ3n) is 5.17. The number of likely N-dealkylation sites (tertiary alicyclic amines) is 1. The minimum Gasteiger partial charge on any atom is -0.497 e. The molecule has 2 amide bonds. The molecule has 0 saturated carbocycles. The van der Waals surface area contributed by atoms with Gasteiger partial charge in [0.1, 0.15) is 5.75 Å². The second kappa shape index (κ2) is 9.37. The standard InChI is InChI=1S/C22H27N3O3/c1-28-19-6-4-5-17(15-19)20-7-2-3-13-25(20)14-12-21(26)24-18-10-8-16(9-11-18)22(23)27/h4-6,8-11,15,20H,2-3,7,12-14H2,1H3,(H2,23,27)(H,24,26)/t20-/m0/s1. The number of nitrogens with zero attached hydrogens (tertiary/aromatic N) is 1. The van der Waals surface area contributed by atoms with E-state index >= 15 is 0 Å². The average Bonchev–Trinajstić information content (AvgIpc) is 2.73. The molecular formula is C22H27N3O3. The maximum Gasteiger partial charge on any atom is 0.248 e. The van der Waals surface area contributed by atoms with Crippen LogP contribution in [0.1, 0.15) is 47.6 Å². The highest BCUT2D eigenvalue weighted by Crippen LogP contribution is 2.32. The van der Waals surface area contributed by atoms with Gasteiger partial charge in [0.25, 0.3) is 0 Å². The van der Waals surface area contributed by atoms with E-state index in [2.05, 4.69) is 22.3 Å². The van der Waals surface area contributed by atoms with Gasteiger partial charge in [-0.05, 0) is 61.3 Å². The largest absolute Gasteiger partial charge is 0.497 e. The molecule has 0 aromatic heterocycles. The first-order valence-corrected chi connectivity index (χ1v) is 9.64. The Labute approximate surface area is 165 Å². The first-order valence-electron chi connectivity index (χ1n) is 9.64. The summed E-state index contributed by atoms with van der Waals surface area (Å²) in [6.45, 7) is 1.69. The summed E-state index contributed by atoms with van der Waals surface area (Å²) in [6, 6.07) is 15.1. The van der Waals surface area contributed by atoms with Gasteiger partial charge < -0.3 is 15.8 Å². The predicted octanol–water partition coefficient (Wildman–Crippen LogP) is 3.35. The van der Waals surface area contributed by atoms with Gasteiger partial charge in [0.15, 0.2) is 0 Å². The number of amides is 2. The Morgan fingerprint density at radius 3 is 2.68 bits per heavy atom. The summed E-state index contributed by atoms with van der Waals surface area (Å²) in [5.41, 5.74) is 7.56. The van der Waals surface area contributed by atoms with Crippen molar-refractivity contribution in [2.75, 3.05) is 25.5 Å². The summed E-state index contributed by atoms with van der Waals surface area (Å²) in [4.78, 5) is 25.9. The fourth-order valence-electron chi connectivity index (χ4n) is 3.67. The van der Waals surface area contributed by atoms with Crippen LogP contribution in [0.25, 0.3) is 0 Å². The van der Waals surface area contributed by atoms with E-state index in [1.165, 1.54) is 12.0 Å². The van der Waals surface area contributed by atoms with Crippen LogP contribution in [-0.4, -0.2) is 36.9 Å². The Hall–Kier alpha value is -2.86. The number of carbonyl (C=O) groups is 2. The van der Waals surface area contributed by atoms with E-state index in [1.54, 1.807) is 31.4 Å². The number of piperidine rings is 1. The third kappa shape index (κ3) is 5.10. The van der Waals surface area contributed by atoms with E-state index in [-0.39, 0.29) is 5.91 Å². The number of methoxy groups -OCH3 is 1. The van der Waals surface area contributed by atoms with Gasteiger partial charge in [0, 0.05) is 30.3 Å². The number of nitrogens with one attached hydrogen (secondary N) is 1. The van der Waals surface area contributed by atoms with Gasteiger partial charge in [-0.2, -0.15) is 0 Å². The molecule has 0 radical (unpaired) electrons. The van der Waals surface area contributed by atoms with Crippen molar-refractivity contribution in [1.82, 2.24) is 4.90 Å². The summed E-state index contributed by atoms with van der Waals surface area (Å²) in [5.74, 6) is 0.341. The maximum absolute atomic E-state index is 12.4. The van der Waals surface area contributed by atoms with Gasteiger partial charge in [0.05, 0.1) is 7.11 Å². The van der Waals surface area contributed by atoms with Gasteiger partial charge >= 0.3 is 0 Å². The highest BCUT2D eigenvalue weighted by molar-refractivity contribution is 5.94. The zero-order valence-electron chi connectivity index (χ0n) is 16.2. The normalized spacial score (nSPS) is 17.1. The molecule has 0 aliphatic carbocycles. The molecule has 1 atom stereocenters. The number of ether oxygens (including phenoxy) is 1. The molecule has 28 heavy (non-hydrogen) atoms. The number of carbonyl (C=O) groups excluding carboxylic acids is 2. The SMILES string of the molecule is COc1cccc([C@@H]2CCCCN2CCC(=O)Nc2ccc(C(N)=O)cc2)c1. The van der Waals surface area contributed by atoms with Crippen molar-refractivity contribution >= 4 is 17.5 Å². The van der Waals surface area contributed by atoms with Crippen molar-refractivity contribution in [2.24, 2.45) is 5.73 Å². The first kappa shape index (κ1) is 19.9. The van der Waals surface area contributed by atoms with Crippen molar-refractivity contribution in [1.29, 1.82) is 0 Å². The minimum atomic E-state index is -0.480. The zero-order valence-corrected chi connectivity index (χ0v) is 16.2. The van der Waals surface area contributed by atoms with Crippen LogP contribution in [0.3, 0.4) is 0 Å². The number of rotatable bonds is 7. The smallest absolute Gasteiger partial charge is 0.248 e. The second-order valence-electron chi connectivity index (χ2n) is 7.06. The molecule has 148 valence electrons. The van der Waals surface area contributed by atoms with Gasteiger partial charge in [-0.1, -0.05) is 18.6 Å². The van der Waals surface area contributed by atoms with Crippen LogP contribution in [0.5, 0.6) is 5.75 Å². The van der Waals surface area contributed by atoms with Crippen molar-refractivity contribution in [3.63, 3.8) is 0 Å². The monoisotopic (exact) mass is 381 g/mol. The predicted molar refractivity (Wildman–Crippen MR) is 109 cm³/mol. The molecule has 3 N–H and O–H groups in total. The molecule has 0 unspecified atom stereocenters. The number of benzene rings is 2. The van der Waals surface area contributed by atoms with Crippen LogP contribution in [-0.2, 0) is 4.79 Å². The van der Waals surface area contributed by atoms with Gasteiger partial charge in [-0.25, -0.2) is 0 Å². The molecule has 2 aromatic carbocycles. The summed E-state index contributed by atoms with van der Waals surface area (Å²) in [6.07, 6.45) is 3.84. The molecule has 2 aromatic rings. The second-order valence-corrected chi connectivity index (χ2v) is 7.06. The number of primary amides is 1. The third-order valence-corrected chi connectivity index (χ3v) is 5.17. The quantitative estimate of drug-likeness (QED) is 0.770. The number of nitrogens with two attached hydrogens (primary N) is 1. The Bertz CT molecular complexity index is 820. The molecule has 1 fully saturated rings. The zero-order chi connectivity index (χ0) is 19.9. The van der Waals surface area contributed by atoms with Crippen LogP contribution < -0.4 is 15.8 Å². The Morgan fingerprint density at radius 1 is 1.18 bits per heavy atom. The average molecular weight is 381 g/mol. The van der Waals surface area contributed by atoms with Gasteiger partial charge in [-0.3, -0.25) is 14.5 Å². The van der Waals surface area contributed by atoms with Gasteiger partial charge in [0.2, 0.25) is 11.8 Å². The topological polar surface area (TPSA) is 84.7 Å². The molecule has 1 aliphatic heterocycles. The summed E-state index contributed by atoms with van der Waals surface area (Å²) >= 11 is 0. The molecule has 3 rings (SSSR count). The lowest BCUT2D eigenvalue weighted by molar-refractivity contribution is -0.116. The molecule has 6 heteroatoms. The highest BCUT2D eigenvalue weighted by atomic mass is 16.5. The van der Waals surface area contributed by atoms with E-state index < -0.39 is 5.91 Å². The number of hydrogen-bond donors (Lipinski definition) is 2. The van der Waals surface area contributed by atoms with Crippen LogP contribution in [0.4, 0.5) is 5.69 Å². The van der Waals surface area contributed by atoms with E-state index in [0.29, 0.717) is 30.3 Å². The van der Waals surface area contributed by atoms with Crippen molar-refractivity contribution < 1.29 is 14.3 Å². The lowest BCUT2D eigenvalue weighted by Crippen LogP contribution is -2.35. The van der Waals surface area contributed by atoms with Crippen LogP contribution in [0.15, 0.2) is 48.5 Å². The Morgan fingerprint density at radius 2 is 1.96 bits per heavy atom. The molecule has 0 spiro atoms. The van der Waals surface area contributed by atoms with E-state index in [9.17, 15) is 9.59 Å². The Kier molecular flexibility index (Phi) is 6.66. The maximum atomic E-state index is 12.4. The highest BCUT2D eigenvalue weighted by Gasteiger charge is 2.24. The summed E-state index contributed by atoms with van der Waals surface area (Å²) in [5, 5.41) is 2.88. The Balaban J connectivity index is 1.58. The van der Waals surface area contributed by atoms with Crippen LogP contribution in [0, 0.1) is 0 Å². The van der Waals surface area contributed by atoms with E-state index in [4.69, 9.17) is 10.5 Å². The summed E-state index contributed by atoms with van der Waals surface area (Å²) < 4.78 is 5.36. The number of hydrogen-bond acceptors (Lipinski definition) is 4. The molecule has 6 nitrogen and oxygen atoms in total. The van der Waals surface area contributed by atoms with Gasteiger partial charge in [-0.15, -0.1) is 0 Å².